The molecule has 2 atom stereocenters. The smallest absolute Gasteiger partial charge is 0.344 e. The predicted octanol–water partition coefficient (Wildman–Crippen LogP) is 3.71. The van der Waals surface area contributed by atoms with Crippen molar-refractivity contribution < 1.29 is 14.3 Å². The molecule has 2 aromatic carbocycles. The lowest BCUT2D eigenvalue weighted by Crippen LogP contribution is -2.46. The third-order valence-corrected chi connectivity index (χ3v) is 6.83. The first-order valence-electron chi connectivity index (χ1n) is 12.5. The molecular weight excluding hydrogens is 442 g/mol. The number of benzene rings is 2. The van der Waals surface area contributed by atoms with Gasteiger partial charge >= 0.3 is 5.97 Å². The highest BCUT2D eigenvalue weighted by atomic mass is 16.6. The molecule has 1 saturated heterocycles. The SMILES string of the molecule is O=C(COc1ccccc1)OC1CCCCC1n1cc(CN2CCN(c3ccccc3)CC2)nn1. The van der Waals surface area contributed by atoms with Crippen LogP contribution < -0.4 is 9.64 Å². The van der Waals surface area contributed by atoms with Crippen LogP contribution in [0.2, 0.25) is 0 Å². The van der Waals surface area contributed by atoms with Crippen LogP contribution in [0.3, 0.4) is 0 Å². The Kier molecular flexibility index (Phi) is 7.58. The van der Waals surface area contributed by atoms with Gasteiger partial charge in [-0.3, -0.25) is 4.90 Å². The number of rotatable bonds is 8. The van der Waals surface area contributed by atoms with E-state index in [1.807, 2.05) is 41.2 Å². The number of hydrogen-bond acceptors (Lipinski definition) is 7. The van der Waals surface area contributed by atoms with Crippen molar-refractivity contribution in [2.24, 2.45) is 0 Å². The summed E-state index contributed by atoms with van der Waals surface area (Å²) in [5.74, 6) is 0.317. The fourth-order valence-electron chi connectivity index (χ4n) is 4.96. The molecule has 0 amide bonds. The van der Waals surface area contributed by atoms with Crippen LogP contribution in [0.25, 0.3) is 0 Å². The number of esters is 1. The molecule has 1 aromatic heterocycles. The van der Waals surface area contributed by atoms with E-state index in [4.69, 9.17) is 9.47 Å². The van der Waals surface area contributed by atoms with E-state index < -0.39 is 0 Å². The van der Waals surface area contributed by atoms with Gasteiger partial charge in [-0.1, -0.05) is 48.0 Å². The van der Waals surface area contributed by atoms with Gasteiger partial charge in [0.05, 0.1) is 17.9 Å². The lowest BCUT2D eigenvalue weighted by atomic mass is 9.92. The van der Waals surface area contributed by atoms with Gasteiger partial charge in [-0.15, -0.1) is 5.10 Å². The Hall–Kier alpha value is -3.39. The summed E-state index contributed by atoms with van der Waals surface area (Å²) < 4.78 is 13.3. The topological polar surface area (TPSA) is 72.7 Å². The number of nitrogens with zero attached hydrogens (tertiary/aromatic N) is 5. The van der Waals surface area contributed by atoms with Gasteiger partial charge in [0.15, 0.2) is 6.61 Å². The van der Waals surface area contributed by atoms with Crippen LogP contribution >= 0.6 is 0 Å². The van der Waals surface area contributed by atoms with Gasteiger partial charge in [-0.25, -0.2) is 9.48 Å². The minimum absolute atomic E-state index is 0.0144. The van der Waals surface area contributed by atoms with Crippen molar-refractivity contribution in [3.8, 4) is 5.75 Å². The highest BCUT2D eigenvalue weighted by Crippen LogP contribution is 2.31. The molecule has 35 heavy (non-hydrogen) atoms. The maximum Gasteiger partial charge on any atom is 0.344 e. The van der Waals surface area contributed by atoms with Gasteiger partial charge in [-0.2, -0.15) is 0 Å². The van der Waals surface area contributed by atoms with Crippen molar-refractivity contribution in [1.82, 2.24) is 19.9 Å². The summed E-state index contributed by atoms with van der Waals surface area (Å²) >= 11 is 0. The fraction of sp³-hybridized carbons (Fsp3) is 0.444. The standard InChI is InChI=1S/C27H33N5O3/c33-27(21-34-24-11-5-2-6-12-24)35-26-14-8-7-13-25(26)32-20-22(28-29-32)19-30-15-17-31(18-16-30)23-9-3-1-4-10-23/h1-6,9-12,20,25-26H,7-8,13-19,21H2. The van der Waals surface area contributed by atoms with Gasteiger partial charge in [-0.05, 0) is 43.5 Å². The molecule has 184 valence electrons. The molecule has 1 aliphatic carbocycles. The molecule has 0 spiro atoms. The van der Waals surface area contributed by atoms with Crippen LogP contribution in [0.5, 0.6) is 5.75 Å². The first kappa shape index (κ1) is 23.4. The van der Waals surface area contributed by atoms with E-state index in [-0.39, 0.29) is 24.7 Å². The molecule has 8 heteroatoms. The molecular formula is C27H33N5O3. The lowest BCUT2D eigenvalue weighted by molar-refractivity contribution is -0.155. The number of anilines is 1. The average Bonchev–Trinajstić information content (AvgIpc) is 3.37. The summed E-state index contributed by atoms with van der Waals surface area (Å²) in [5.41, 5.74) is 2.24. The number of hydrogen-bond donors (Lipinski definition) is 0. The molecule has 1 aliphatic heterocycles. The molecule has 2 heterocycles. The van der Waals surface area contributed by atoms with Crippen LogP contribution in [0.1, 0.15) is 37.4 Å². The Balaban J connectivity index is 1.13. The first-order chi connectivity index (χ1) is 17.2. The van der Waals surface area contributed by atoms with Crippen molar-refractivity contribution in [3.63, 3.8) is 0 Å². The van der Waals surface area contributed by atoms with Gasteiger partial charge in [0.25, 0.3) is 0 Å². The highest BCUT2D eigenvalue weighted by molar-refractivity contribution is 5.71. The molecule has 0 radical (unpaired) electrons. The van der Waals surface area contributed by atoms with Gasteiger partial charge in [0, 0.05) is 38.4 Å². The molecule has 5 rings (SSSR count). The molecule has 2 fully saturated rings. The Labute approximate surface area is 206 Å². The summed E-state index contributed by atoms with van der Waals surface area (Å²) in [7, 11) is 0. The zero-order chi connectivity index (χ0) is 23.9. The minimum Gasteiger partial charge on any atom is -0.482 e. The molecule has 2 aliphatic rings. The Bertz CT molecular complexity index is 1070. The Morgan fingerprint density at radius 3 is 2.40 bits per heavy atom. The Morgan fingerprint density at radius 1 is 0.914 bits per heavy atom. The third kappa shape index (κ3) is 6.19. The maximum atomic E-state index is 12.5. The Morgan fingerprint density at radius 2 is 1.63 bits per heavy atom. The summed E-state index contributed by atoms with van der Waals surface area (Å²) in [6, 6.07) is 19.9. The number of para-hydroxylation sites is 2. The molecule has 0 N–H and O–H groups in total. The van der Waals surface area contributed by atoms with Gasteiger partial charge < -0.3 is 14.4 Å². The second kappa shape index (κ2) is 11.4. The predicted molar refractivity (Wildman–Crippen MR) is 133 cm³/mol. The van der Waals surface area contributed by atoms with Crippen molar-refractivity contribution in [2.45, 2.75) is 44.4 Å². The van der Waals surface area contributed by atoms with E-state index in [1.165, 1.54) is 5.69 Å². The zero-order valence-corrected chi connectivity index (χ0v) is 20.0. The minimum atomic E-state index is -0.345. The molecule has 3 aromatic rings. The van der Waals surface area contributed by atoms with Crippen LogP contribution in [0.4, 0.5) is 5.69 Å². The van der Waals surface area contributed by atoms with Gasteiger partial charge in [0.2, 0.25) is 0 Å². The van der Waals surface area contributed by atoms with Crippen molar-refractivity contribution in [3.05, 3.63) is 72.6 Å². The third-order valence-electron chi connectivity index (χ3n) is 6.83. The van der Waals surface area contributed by atoms with E-state index in [0.29, 0.717) is 5.75 Å². The van der Waals surface area contributed by atoms with Crippen LogP contribution in [-0.2, 0) is 16.1 Å². The van der Waals surface area contributed by atoms with Crippen molar-refractivity contribution >= 4 is 11.7 Å². The molecule has 2 unspecified atom stereocenters. The molecule has 0 bridgehead atoms. The second-order valence-electron chi connectivity index (χ2n) is 9.27. The summed E-state index contributed by atoms with van der Waals surface area (Å²) in [4.78, 5) is 17.3. The van der Waals surface area contributed by atoms with E-state index >= 15 is 0 Å². The van der Waals surface area contributed by atoms with Gasteiger partial charge in [0.1, 0.15) is 11.9 Å². The van der Waals surface area contributed by atoms with E-state index in [2.05, 4.69) is 50.4 Å². The number of aromatic nitrogens is 3. The second-order valence-corrected chi connectivity index (χ2v) is 9.27. The summed E-state index contributed by atoms with van der Waals surface area (Å²) in [6.45, 7) is 4.68. The zero-order valence-electron chi connectivity index (χ0n) is 20.0. The molecule has 1 saturated carbocycles. The summed E-state index contributed by atoms with van der Waals surface area (Å²) in [5, 5.41) is 8.87. The molecule has 8 nitrogen and oxygen atoms in total. The quantitative estimate of drug-likeness (QED) is 0.460. The lowest BCUT2D eigenvalue weighted by Gasteiger charge is -2.35. The van der Waals surface area contributed by atoms with Crippen LogP contribution in [0.15, 0.2) is 66.9 Å². The maximum absolute atomic E-state index is 12.5. The normalized spacial score (nSPS) is 21.0. The average molecular weight is 476 g/mol. The monoisotopic (exact) mass is 475 g/mol. The van der Waals surface area contributed by atoms with Crippen molar-refractivity contribution in [2.75, 3.05) is 37.7 Å². The fourth-order valence-corrected chi connectivity index (χ4v) is 4.96. The van der Waals surface area contributed by atoms with E-state index in [0.717, 1.165) is 64.1 Å². The highest BCUT2D eigenvalue weighted by Gasteiger charge is 2.31. The number of piperazine rings is 1. The van der Waals surface area contributed by atoms with E-state index in [9.17, 15) is 4.79 Å². The first-order valence-corrected chi connectivity index (χ1v) is 12.5. The number of carbonyl (C=O) groups excluding carboxylic acids is 1. The summed E-state index contributed by atoms with van der Waals surface area (Å²) in [6.07, 6.45) is 5.71. The van der Waals surface area contributed by atoms with Crippen molar-refractivity contribution in [1.29, 1.82) is 0 Å². The van der Waals surface area contributed by atoms with E-state index in [1.54, 1.807) is 0 Å². The number of ether oxygens (including phenoxy) is 2. The van der Waals surface area contributed by atoms with Crippen LogP contribution in [0, 0.1) is 0 Å². The largest absolute Gasteiger partial charge is 0.482 e. The van der Waals surface area contributed by atoms with Crippen LogP contribution in [-0.4, -0.2) is 64.8 Å². The number of carbonyl (C=O) groups is 1.